The maximum atomic E-state index is 15.2. The highest BCUT2D eigenvalue weighted by Crippen LogP contribution is 2.49. The Morgan fingerprint density at radius 3 is 2.68 bits per heavy atom. The third kappa shape index (κ3) is 7.75. The van der Waals surface area contributed by atoms with Gasteiger partial charge in [-0.2, -0.15) is 0 Å². The summed E-state index contributed by atoms with van der Waals surface area (Å²) < 4.78 is 59.1. The van der Waals surface area contributed by atoms with Gasteiger partial charge in [0, 0.05) is 48.9 Å². The topological polar surface area (TPSA) is 120 Å². The minimum atomic E-state index is -2.88. The molecule has 3 aliphatic rings. The number of benzene rings is 2. The zero-order valence-electron chi connectivity index (χ0n) is 25.2. The van der Waals surface area contributed by atoms with Crippen molar-refractivity contribution in [3.05, 3.63) is 64.2 Å². The van der Waals surface area contributed by atoms with Crippen LogP contribution in [0.15, 0.2) is 36.4 Å². The minimum absolute atomic E-state index is 0.0000738. The molecule has 1 amide bonds. The summed E-state index contributed by atoms with van der Waals surface area (Å²) in [6.07, 6.45) is 5.75. The number of nitrogens with one attached hydrogen (secondary N) is 2. The molecule has 0 aromatic heterocycles. The second-order valence-corrected chi connectivity index (χ2v) is 14.9. The van der Waals surface area contributed by atoms with Crippen molar-refractivity contribution in [1.82, 2.24) is 9.62 Å². The van der Waals surface area contributed by atoms with Gasteiger partial charge >= 0.3 is 0 Å². The van der Waals surface area contributed by atoms with Crippen molar-refractivity contribution in [2.45, 2.75) is 88.4 Å². The first-order valence-corrected chi connectivity index (χ1v) is 17.8. The molecule has 244 valence electrons. The third-order valence-corrected chi connectivity index (χ3v) is 11.9. The molecule has 5 atom stereocenters. The Labute approximate surface area is 265 Å². The lowest BCUT2D eigenvalue weighted by Crippen LogP contribution is -2.55. The van der Waals surface area contributed by atoms with Crippen molar-refractivity contribution in [2.24, 2.45) is 11.7 Å². The van der Waals surface area contributed by atoms with Crippen LogP contribution in [0.25, 0.3) is 0 Å². The highest BCUT2D eigenvalue weighted by atomic mass is 35.5. The molecule has 0 radical (unpaired) electrons. The quantitative estimate of drug-likeness (QED) is 0.204. The van der Waals surface area contributed by atoms with Gasteiger partial charge in [0.25, 0.3) is 0 Å². The van der Waals surface area contributed by atoms with Crippen molar-refractivity contribution < 1.29 is 27.4 Å². The van der Waals surface area contributed by atoms with Gasteiger partial charge < -0.3 is 21.1 Å². The molecule has 12 heteroatoms. The fraction of sp³-hybridized carbons (Fsp3) is 0.594. The Hall–Kier alpha value is -1.83. The van der Waals surface area contributed by atoms with Gasteiger partial charge in [-0.3, -0.25) is 13.9 Å². The summed E-state index contributed by atoms with van der Waals surface area (Å²) in [5, 5.41) is 6.38. The summed E-state index contributed by atoms with van der Waals surface area (Å²) in [7, 11) is -2.88. The fourth-order valence-electron chi connectivity index (χ4n) is 7.24. The van der Waals surface area contributed by atoms with Crippen LogP contribution in [0.3, 0.4) is 0 Å². The van der Waals surface area contributed by atoms with Gasteiger partial charge in [-0.1, -0.05) is 23.7 Å². The van der Waals surface area contributed by atoms with Crippen molar-refractivity contribution in [3.63, 3.8) is 0 Å². The van der Waals surface area contributed by atoms with E-state index in [4.69, 9.17) is 22.1 Å². The van der Waals surface area contributed by atoms with E-state index in [2.05, 4.69) is 10.6 Å². The number of nitrogens with two attached hydrogens (primary N) is 1. The average Bonchev–Trinajstić information content (AvgIpc) is 3.11. The number of hydrogen-bond donors (Lipinski definition) is 5. The van der Waals surface area contributed by atoms with Crippen LogP contribution in [-0.4, -0.2) is 69.0 Å². The van der Waals surface area contributed by atoms with Crippen LogP contribution in [0.4, 0.5) is 14.5 Å². The number of rotatable bonds is 10. The van der Waals surface area contributed by atoms with Crippen LogP contribution >= 0.6 is 22.4 Å². The number of piperazine rings is 1. The number of nitrogens with zero attached hydrogens (tertiary/aromatic N) is 1. The third-order valence-electron chi connectivity index (χ3n) is 9.55. The van der Waals surface area contributed by atoms with E-state index in [9.17, 15) is 18.3 Å². The van der Waals surface area contributed by atoms with Crippen molar-refractivity contribution in [3.8, 4) is 0 Å². The Kier molecular flexibility index (Phi) is 11.2. The first kappa shape index (κ1) is 33.5. The lowest BCUT2D eigenvalue weighted by atomic mass is 9.72. The van der Waals surface area contributed by atoms with E-state index in [1.807, 2.05) is 6.92 Å². The zero-order chi connectivity index (χ0) is 31.4. The maximum absolute atomic E-state index is 15.2. The summed E-state index contributed by atoms with van der Waals surface area (Å²) in [5.41, 5.74) is 7.95. The molecule has 1 aliphatic carbocycles. The Balaban J connectivity index is 1.32. The standard InChI is InChI=1S/C32H45ClF2N4O4S/c1-2-43-24-12-8-20(9-13-24)30(21-10-15-26(33)28(35)17-21)31(36)32(40)38-29-7-3-6-27(34)25(29)14-11-23-18-37-22-5-4-16-44(41,42)39(23)19-22/h3,6-7,10,15,17,20,22-24,30-31,37,41-42H,2,4-5,8-9,11-14,16,18-19,36H2,1H3,(H,38,40)/t20?,22-,23+,24?,30-,31+/m1/s1. The van der Waals surface area contributed by atoms with E-state index < -0.39 is 40.3 Å². The van der Waals surface area contributed by atoms with E-state index in [1.165, 1.54) is 18.2 Å². The lowest BCUT2D eigenvalue weighted by Gasteiger charge is -2.49. The molecule has 2 saturated heterocycles. The van der Waals surface area contributed by atoms with Crippen molar-refractivity contribution >= 4 is 34.0 Å². The average molecular weight is 655 g/mol. The van der Waals surface area contributed by atoms with Gasteiger partial charge in [-0.15, -0.1) is 10.8 Å². The first-order valence-electron chi connectivity index (χ1n) is 15.7. The molecule has 3 fully saturated rings. The number of hydrogen-bond acceptors (Lipinski definition) is 7. The van der Waals surface area contributed by atoms with E-state index in [0.29, 0.717) is 48.7 Å². The maximum Gasteiger partial charge on any atom is 0.241 e. The van der Waals surface area contributed by atoms with Crippen LogP contribution in [0.1, 0.15) is 68.9 Å². The SMILES string of the molecule is CCOC1CCC([C@H](c2ccc(Cl)c(F)c2)[C@H](N)C(=O)Nc2cccc(F)c2CC[C@H]2CN[C@@H]3CCCS(O)(O)N2C3)CC1. The van der Waals surface area contributed by atoms with Gasteiger partial charge in [-0.05, 0) is 94.0 Å². The fourth-order valence-corrected chi connectivity index (χ4v) is 9.22. The van der Waals surface area contributed by atoms with E-state index in [-0.39, 0.29) is 35.5 Å². The molecule has 0 spiro atoms. The zero-order valence-corrected chi connectivity index (χ0v) is 26.8. The lowest BCUT2D eigenvalue weighted by molar-refractivity contribution is -0.118. The molecule has 5 rings (SSSR count). The number of ether oxygens (including phenoxy) is 1. The number of carbonyl (C=O) groups excluding carboxylic acids is 1. The predicted molar refractivity (Wildman–Crippen MR) is 172 cm³/mol. The Morgan fingerprint density at radius 1 is 1.18 bits per heavy atom. The summed E-state index contributed by atoms with van der Waals surface area (Å²) >= 11 is 5.97. The molecule has 2 aromatic rings. The Morgan fingerprint density at radius 2 is 1.95 bits per heavy atom. The van der Waals surface area contributed by atoms with Crippen LogP contribution in [0.5, 0.6) is 0 Å². The van der Waals surface area contributed by atoms with Crippen LogP contribution in [-0.2, 0) is 16.0 Å². The van der Waals surface area contributed by atoms with Gasteiger partial charge in [0.05, 0.1) is 22.9 Å². The smallest absolute Gasteiger partial charge is 0.241 e. The predicted octanol–water partition coefficient (Wildman–Crippen LogP) is 6.30. The number of anilines is 1. The van der Waals surface area contributed by atoms with E-state index in [0.717, 1.165) is 38.5 Å². The molecular weight excluding hydrogens is 610 g/mol. The molecule has 1 unspecified atom stereocenters. The molecule has 2 aliphatic heterocycles. The first-order chi connectivity index (χ1) is 21.1. The largest absolute Gasteiger partial charge is 0.379 e. The summed E-state index contributed by atoms with van der Waals surface area (Å²) in [6.45, 7) is 3.72. The van der Waals surface area contributed by atoms with Gasteiger partial charge in [-0.25, -0.2) is 13.1 Å². The molecule has 2 aromatic carbocycles. The molecule has 44 heavy (non-hydrogen) atoms. The monoisotopic (exact) mass is 654 g/mol. The number of carbonyl (C=O) groups is 1. The van der Waals surface area contributed by atoms with Gasteiger partial charge in [0.2, 0.25) is 5.91 Å². The van der Waals surface area contributed by atoms with Crippen molar-refractivity contribution in [1.29, 1.82) is 0 Å². The minimum Gasteiger partial charge on any atom is -0.379 e. The highest BCUT2D eigenvalue weighted by molar-refractivity contribution is 8.22. The molecule has 1 saturated carbocycles. The number of amides is 1. The molecule has 6 N–H and O–H groups in total. The Bertz CT molecular complexity index is 1300. The van der Waals surface area contributed by atoms with Crippen molar-refractivity contribution in [2.75, 3.05) is 30.8 Å². The van der Waals surface area contributed by atoms with E-state index >= 15 is 4.39 Å². The second-order valence-electron chi connectivity index (χ2n) is 12.3. The summed E-state index contributed by atoms with van der Waals surface area (Å²) in [4.78, 5) is 13.7. The van der Waals surface area contributed by atoms with Crippen LogP contribution in [0, 0.1) is 17.6 Å². The van der Waals surface area contributed by atoms with E-state index in [1.54, 1.807) is 22.5 Å². The van der Waals surface area contributed by atoms with Gasteiger partial charge in [0.15, 0.2) is 0 Å². The van der Waals surface area contributed by atoms with Gasteiger partial charge in [0.1, 0.15) is 11.6 Å². The molecular formula is C32H45ClF2N4O4S. The summed E-state index contributed by atoms with van der Waals surface area (Å²) in [6, 6.07) is 8.13. The number of halogens is 3. The second kappa shape index (κ2) is 14.7. The normalized spacial score (nSPS) is 28.8. The molecule has 2 heterocycles. The molecule has 8 nitrogen and oxygen atoms in total. The summed E-state index contributed by atoms with van der Waals surface area (Å²) in [5.74, 6) is -1.61. The van der Waals surface area contributed by atoms with Crippen LogP contribution < -0.4 is 16.4 Å². The molecule has 2 bridgehead atoms. The van der Waals surface area contributed by atoms with Crippen LogP contribution in [0.2, 0.25) is 5.02 Å². The highest BCUT2D eigenvalue weighted by Gasteiger charge is 2.39. The number of fused-ring (bicyclic) bond motifs is 2.